The Labute approximate surface area is 167 Å². The molecule has 1 heterocycles. The molecule has 4 nitrogen and oxygen atoms in total. The first-order valence-corrected chi connectivity index (χ1v) is 9.06. The van der Waals surface area contributed by atoms with E-state index in [0.29, 0.717) is 19.7 Å². The molecule has 1 aliphatic heterocycles. The average molecular weight is 447 g/mol. The SMILES string of the molecule is Cl.OC(COc1ccccc1F)CN1CCOC(c2ccc(Br)cc2)C1. The molecule has 1 aliphatic rings. The fourth-order valence-corrected chi connectivity index (χ4v) is 3.11. The van der Waals surface area contributed by atoms with Crippen LogP contribution in [-0.2, 0) is 4.74 Å². The normalized spacial score (nSPS) is 18.8. The number of aliphatic hydroxyl groups excluding tert-OH is 1. The standard InChI is InChI=1S/C19H21BrFNO3.ClH/c20-15-7-5-14(6-8-15)19-12-22(9-10-24-19)11-16(23)13-25-18-4-2-1-3-17(18)21;/h1-8,16,19,23H,9-13H2;1H. The van der Waals surface area contributed by atoms with Crippen LogP contribution in [0.25, 0.3) is 0 Å². The molecule has 2 aromatic carbocycles. The molecule has 0 radical (unpaired) electrons. The van der Waals surface area contributed by atoms with Crippen LogP contribution in [0, 0.1) is 5.82 Å². The number of halogens is 3. The molecule has 7 heteroatoms. The highest BCUT2D eigenvalue weighted by Crippen LogP contribution is 2.24. The van der Waals surface area contributed by atoms with Crippen molar-refractivity contribution in [2.45, 2.75) is 12.2 Å². The number of hydrogen-bond acceptors (Lipinski definition) is 4. The molecule has 1 N–H and O–H groups in total. The van der Waals surface area contributed by atoms with Gasteiger partial charge in [0, 0.05) is 24.1 Å². The summed E-state index contributed by atoms with van der Waals surface area (Å²) in [6.07, 6.45) is -0.704. The topological polar surface area (TPSA) is 41.9 Å². The first kappa shape index (κ1) is 21.1. The van der Waals surface area contributed by atoms with Crippen LogP contribution in [0.4, 0.5) is 4.39 Å². The van der Waals surface area contributed by atoms with Crippen LogP contribution in [-0.4, -0.2) is 49.0 Å². The third-order valence-corrected chi connectivity index (χ3v) is 4.66. The summed E-state index contributed by atoms with van der Waals surface area (Å²) in [5, 5.41) is 10.2. The van der Waals surface area contributed by atoms with Crippen LogP contribution in [0.3, 0.4) is 0 Å². The Balaban J connectivity index is 0.00000243. The van der Waals surface area contributed by atoms with E-state index in [4.69, 9.17) is 9.47 Å². The van der Waals surface area contributed by atoms with E-state index >= 15 is 0 Å². The van der Waals surface area contributed by atoms with Crippen molar-refractivity contribution in [1.82, 2.24) is 4.90 Å². The van der Waals surface area contributed by atoms with E-state index < -0.39 is 11.9 Å². The van der Waals surface area contributed by atoms with Gasteiger partial charge in [-0.25, -0.2) is 4.39 Å². The smallest absolute Gasteiger partial charge is 0.165 e. The van der Waals surface area contributed by atoms with Crippen molar-refractivity contribution in [2.75, 3.05) is 32.8 Å². The van der Waals surface area contributed by atoms with Crippen LogP contribution in [0.15, 0.2) is 53.0 Å². The fraction of sp³-hybridized carbons (Fsp3) is 0.368. The van der Waals surface area contributed by atoms with Crippen LogP contribution >= 0.6 is 28.3 Å². The van der Waals surface area contributed by atoms with Gasteiger partial charge in [-0.05, 0) is 29.8 Å². The molecule has 2 unspecified atom stereocenters. The van der Waals surface area contributed by atoms with Crippen molar-refractivity contribution in [3.63, 3.8) is 0 Å². The maximum absolute atomic E-state index is 13.5. The number of para-hydroxylation sites is 1. The van der Waals surface area contributed by atoms with Crippen molar-refractivity contribution >= 4 is 28.3 Å². The van der Waals surface area contributed by atoms with Gasteiger partial charge in [0.05, 0.1) is 12.7 Å². The van der Waals surface area contributed by atoms with E-state index in [1.807, 2.05) is 24.3 Å². The predicted molar refractivity (Wildman–Crippen MR) is 104 cm³/mol. The Morgan fingerprint density at radius 1 is 1.23 bits per heavy atom. The third-order valence-electron chi connectivity index (χ3n) is 4.13. The van der Waals surface area contributed by atoms with E-state index in [0.717, 1.165) is 16.6 Å². The number of rotatable bonds is 6. The van der Waals surface area contributed by atoms with E-state index in [1.165, 1.54) is 6.07 Å². The second kappa shape index (κ2) is 10.2. The zero-order valence-corrected chi connectivity index (χ0v) is 16.6. The number of β-amino-alcohol motifs (C(OH)–C–C–N with tert-alkyl or cyclic N) is 1. The first-order chi connectivity index (χ1) is 12.1. The largest absolute Gasteiger partial charge is 0.488 e. The molecule has 0 spiro atoms. The summed E-state index contributed by atoms with van der Waals surface area (Å²) in [5.41, 5.74) is 1.12. The summed E-state index contributed by atoms with van der Waals surface area (Å²) in [6.45, 7) is 2.59. The van der Waals surface area contributed by atoms with Crippen molar-refractivity contribution in [1.29, 1.82) is 0 Å². The molecule has 26 heavy (non-hydrogen) atoms. The number of benzene rings is 2. The highest BCUT2D eigenvalue weighted by atomic mass is 79.9. The third kappa shape index (κ3) is 5.93. The van der Waals surface area contributed by atoms with Gasteiger partial charge in [-0.1, -0.05) is 40.2 Å². The number of aliphatic hydroxyl groups is 1. The van der Waals surface area contributed by atoms with Gasteiger partial charge in [0.1, 0.15) is 12.7 Å². The Morgan fingerprint density at radius 2 is 1.96 bits per heavy atom. The van der Waals surface area contributed by atoms with Crippen molar-refractivity contribution < 1.29 is 19.0 Å². The number of nitrogens with zero attached hydrogens (tertiary/aromatic N) is 1. The zero-order valence-electron chi connectivity index (χ0n) is 14.2. The van der Waals surface area contributed by atoms with Crippen molar-refractivity contribution in [3.8, 4) is 5.75 Å². The minimum absolute atomic E-state index is 0. The molecular formula is C19H22BrClFNO3. The summed E-state index contributed by atoms with van der Waals surface area (Å²) in [4.78, 5) is 2.14. The minimum atomic E-state index is -0.691. The van der Waals surface area contributed by atoms with Gasteiger partial charge in [-0.2, -0.15) is 0 Å². The highest BCUT2D eigenvalue weighted by molar-refractivity contribution is 9.10. The number of morpholine rings is 1. The molecule has 0 aliphatic carbocycles. The first-order valence-electron chi connectivity index (χ1n) is 8.26. The summed E-state index contributed by atoms with van der Waals surface area (Å²) in [7, 11) is 0. The lowest BCUT2D eigenvalue weighted by Gasteiger charge is -2.34. The molecule has 142 valence electrons. The lowest BCUT2D eigenvalue weighted by Crippen LogP contribution is -2.43. The van der Waals surface area contributed by atoms with Crippen LogP contribution in [0.1, 0.15) is 11.7 Å². The van der Waals surface area contributed by atoms with Gasteiger partial charge < -0.3 is 14.6 Å². The molecule has 2 atom stereocenters. The lowest BCUT2D eigenvalue weighted by molar-refractivity contribution is -0.0460. The van der Waals surface area contributed by atoms with Crippen molar-refractivity contribution in [2.24, 2.45) is 0 Å². The molecule has 3 rings (SSSR count). The van der Waals surface area contributed by atoms with Gasteiger partial charge in [0.25, 0.3) is 0 Å². The quantitative estimate of drug-likeness (QED) is 0.732. The average Bonchev–Trinajstić information content (AvgIpc) is 2.62. The number of ether oxygens (including phenoxy) is 2. The Hall–Kier alpha value is -1.18. The summed E-state index contributed by atoms with van der Waals surface area (Å²) in [5.74, 6) is -0.257. The molecule has 1 saturated heterocycles. The Kier molecular flexibility index (Phi) is 8.31. The monoisotopic (exact) mass is 445 g/mol. The van der Waals surface area contributed by atoms with Gasteiger partial charge in [0.15, 0.2) is 11.6 Å². The van der Waals surface area contributed by atoms with Gasteiger partial charge in [-0.15, -0.1) is 12.4 Å². The van der Waals surface area contributed by atoms with Crippen LogP contribution in [0.2, 0.25) is 0 Å². The number of hydrogen-bond donors (Lipinski definition) is 1. The van der Waals surface area contributed by atoms with Crippen LogP contribution < -0.4 is 4.74 Å². The molecule has 0 saturated carbocycles. The molecule has 0 bridgehead atoms. The second-order valence-electron chi connectivity index (χ2n) is 6.07. The molecular weight excluding hydrogens is 425 g/mol. The van der Waals surface area contributed by atoms with E-state index in [9.17, 15) is 9.50 Å². The summed E-state index contributed by atoms with van der Waals surface area (Å²) < 4.78 is 25.8. The fourth-order valence-electron chi connectivity index (χ4n) is 2.85. The lowest BCUT2D eigenvalue weighted by atomic mass is 10.1. The molecule has 0 aromatic heterocycles. The van der Waals surface area contributed by atoms with E-state index in [-0.39, 0.29) is 30.9 Å². The molecule has 2 aromatic rings. The van der Waals surface area contributed by atoms with Gasteiger partial charge in [0.2, 0.25) is 0 Å². The summed E-state index contributed by atoms with van der Waals surface area (Å²) >= 11 is 3.43. The summed E-state index contributed by atoms with van der Waals surface area (Å²) in [6, 6.07) is 14.3. The van der Waals surface area contributed by atoms with E-state index in [1.54, 1.807) is 18.2 Å². The van der Waals surface area contributed by atoms with E-state index in [2.05, 4.69) is 20.8 Å². The van der Waals surface area contributed by atoms with Crippen molar-refractivity contribution in [3.05, 3.63) is 64.4 Å². The maximum Gasteiger partial charge on any atom is 0.165 e. The Bertz CT molecular complexity index is 689. The zero-order chi connectivity index (χ0) is 17.6. The molecule has 0 amide bonds. The Morgan fingerprint density at radius 3 is 2.69 bits per heavy atom. The molecule has 1 fully saturated rings. The van der Waals surface area contributed by atoms with Gasteiger partial charge in [-0.3, -0.25) is 4.90 Å². The van der Waals surface area contributed by atoms with Crippen LogP contribution in [0.5, 0.6) is 5.75 Å². The highest BCUT2D eigenvalue weighted by Gasteiger charge is 2.23. The van der Waals surface area contributed by atoms with Gasteiger partial charge >= 0.3 is 0 Å². The second-order valence-corrected chi connectivity index (χ2v) is 6.98. The predicted octanol–water partition coefficient (Wildman–Crippen LogP) is 3.82. The maximum atomic E-state index is 13.5. The minimum Gasteiger partial charge on any atom is -0.488 e.